The van der Waals surface area contributed by atoms with Crippen LogP contribution in [0.3, 0.4) is 0 Å². The summed E-state index contributed by atoms with van der Waals surface area (Å²) in [6.45, 7) is 1.44. The second kappa shape index (κ2) is 7.88. The number of nitrogens with zero attached hydrogens (tertiary/aromatic N) is 1. The highest BCUT2D eigenvalue weighted by Crippen LogP contribution is 2.46. The number of ether oxygens (including phenoxy) is 1. The number of hydrogen-bond donors (Lipinski definition) is 2. The van der Waals surface area contributed by atoms with Crippen LogP contribution in [0.25, 0.3) is 0 Å². The Hall–Kier alpha value is -3.85. The minimum atomic E-state index is -0.575. The number of amides is 1. The van der Waals surface area contributed by atoms with Crippen molar-refractivity contribution in [2.24, 2.45) is 5.73 Å². The molecule has 1 aliphatic carbocycles. The van der Waals surface area contributed by atoms with E-state index >= 15 is 0 Å². The highest BCUT2D eigenvalue weighted by atomic mass is 16.5. The molecule has 0 saturated heterocycles. The minimum absolute atomic E-state index is 0.0108. The summed E-state index contributed by atoms with van der Waals surface area (Å²) < 4.78 is 5.78. The lowest BCUT2D eigenvalue weighted by Gasteiger charge is -2.34. The van der Waals surface area contributed by atoms with Gasteiger partial charge in [-0.05, 0) is 29.2 Å². The molecule has 0 radical (unpaired) electrons. The van der Waals surface area contributed by atoms with Gasteiger partial charge < -0.3 is 15.8 Å². The third-order valence-corrected chi connectivity index (χ3v) is 5.50. The van der Waals surface area contributed by atoms with Gasteiger partial charge in [0.2, 0.25) is 11.8 Å². The monoisotopic (exact) mass is 399 g/mol. The summed E-state index contributed by atoms with van der Waals surface area (Å²) in [4.78, 5) is 24.5. The van der Waals surface area contributed by atoms with Crippen molar-refractivity contribution in [2.75, 3.05) is 5.32 Å². The first-order valence-corrected chi connectivity index (χ1v) is 9.74. The van der Waals surface area contributed by atoms with Gasteiger partial charge in [0.05, 0.1) is 5.92 Å². The van der Waals surface area contributed by atoms with E-state index in [0.29, 0.717) is 29.9 Å². The van der Waals surface area contributed by atoms with E-state index in [2.05, 4.69) is 11.4 Å². The maximum Gasteiger partial charge on any atom is 0.221 e. The number of nitriles is 1. The van der Waals surface area contributed by atoms with Crippen molar-refractivity contribution in [2.45, 2.75) is 31.6 Å². The first kappa shape index (κ1) is 19.5. The molecule has 0 bridgehead atoms. The van der Waals surface area contributed by atoms with E-state index in [9.17, 15) is 14.9 Å². The fourth-order valence-corrected chi connectivity index (χ4v) is 4.16. The molecule has 2 aromatic carbocycles. The first-order valence-electron chi connectivity index (χ1n) is 9.74. The van der Waals surface area contributed by atoms with E-state index in [1.165, 1.54) is 6.92 Å². The Labute approximate surface area is 174 Å². The van der Waals surface area contributed by atoms with Crippen molar-refractivity contribution in [1.82, 2.24) is 0 Å². The van der Waals surface area contributed by atoms with Crippen LogP contribution >= 0.6 is 0 Å². The highest BCUT2D eigenvalue weighted by Gasteiger charge is 2.40. The van der Waals surface area contributed by atoms with Gasteiger partial charge >= 0.3 is 0 Å². The van der Waals surface area contributed by atoms with Crippen LogP contribution in [0.15, 0.2) is 77.4 Å². The molecular weight excluding hydrogens is 378 g/mol. The third kappa shape index (κ3) is 3.58. The van der Waals surface area contributed by atoms with Crippen molar-refractivity contribution >= 4 is 17.4 Å². The van der Waals surface area contributed by atoms with Crippen molar-refractivity contribution in [3.8, 4) is 6.07 Å². The molecule has 1 amide bonds. The number of Topliss-reactive ketones (excluding diaryl/α,β-unsaturated/α-hetero) is 1. The van der Waals surface area contributed by atoms with Gasteiger partial charge in [0.25, 0.3) is 0 Å². The molecule has 2 aromatic rings. The van der Waals surface area contributed by atoms with Crippen molar-refractivity contribution < 1.29 is 14.3 Å². The SMILES string of the molecule is CC(=O)Nc1ccc([C@H]2C(C#N)=C(N)OC3=C2C(=O)C[C@H](c2ccccc2)C3)cc1. The second-order valence-corrected chi connectivity index (χ2v) is 7.50. The van der Waals surface area contributed by atoms with Crippen LogP contribution in [0.2, 0.25) is 0 Å². The molecule has 0 fully saturated rings. The predicted octanol–water partition coefficient (Wildman–Crippen LogP) is 3.85. The second-order valence-electron chi connectivity index (χ2n) is 7.50. The molecule has 3 N–H and O–H groups in total. The molecule has 4 rings (SSSR count). The van der Waals surface area contributed by atoms with Crippen molar-refractivity contribution in [1.29, 1.82) is 5.26 Å². The molecule has 150 valence electrons. The molecule has 6 nitrogen and oxygen atoms in total. The molecule has 2 atom stereocenters. The summed E-state index contributed by atoms with van der Waals surface area (Å²) in [5.74, 6) is -0.205. The largest absolute Gasteiger partial charge is 0.444 e. The molecule has 0 aromatic heterocycles. The van der Waals surface area contributed by atoms with Crippen molar-refractivity contribution in [3.05, 3.63) is 88.5 Å². The number of allylic oxidation sites excluding steroid dienone is 3. The van der Waals surface area contributed by atoms with E-state index in [1.807, 2.05) is 30.3 Å². The Morgan fingerprint density at radius 1 is 1.10 bits per heavy atom. The molecule has 1 heterocycles. The summed E-state index contributed by atoms with van der Waals surface area (Å²) in [5, 5.41) is 12.4. The smallest absolute Gasteiger partial charge is 0.221 e. The summed E-state index contributed by atoms with van der Waals surface area (Å²) in [5.41, 5.74) is 9.28. The molecular formula is C24H21N3O3. The van der Waals surface area contributed by atoms with Gasteiger partial charge in [0, 0.05) is 31.0 Å². The maximum absolute atomic E-state index is 13.2. The highest BCUT2D eigenvalue weighted by molar-refractivity contribution is 6.00. The first-order chi connectivity index (χ1) is 14.5. The number of benzene rings is 2. The zero-order valence-corrected chi connectivity index (χ0v) is 16.5. The minimum Gasteiger partial charge on any atom is -0.444 e. The van der Waals surface area contributed by atoms with E-state index in [-0.39, 0.29) is 29.1 Å². The molecule has 0 unspecified atom stereocenters. The lowest BCUT2D eigenvalue weighted by atomic mass is 9.73. The van der Waals surface area contributed by atoms with E-state index in [0.717, 1.165) is 11.1 Å². The van der Waals surface area contributed by atoms with Gasteiger partial charge in [-0.15, -0.1) is 0 Å². The van der Waals surface area contributed by atoms with E-state index < -0.39 is 5.92 Å². The van der Waals surface area contributed by atoms with Crippen LogP contribution in [-0.4, -0.2) is 11.7 Å². The molecule has 2 aliphatic rings. The number of anilines is 1. The summed E-state index contributed by atoms with van der Waals surface area (Å²) in [6, 6.07) is 19.1. The van der Waals surface area contributed by atoms with Gasteiger partial charge in [-0.2, -0.15) is 5.26 Å². The van der Waals surface area contributed by atoms with Gasteiger partial charge in [0.15, 0.2) is 5.78 Å². The number of ketones is 1. The zero-order chi connectivity index (χ0) is 21.3. The summed E-state index contributed by atoms with van der Waals surface area (Å²) >= 11 is 0. The number of hydrogen-bond acceptors (Lipinski definition) is 5. The Kier molecular flexibility index (Phi) is 5.11. The molecule has 30 heavy (non-hydrogen) atoms. The fraction of sp³-hybridized carbons (Fsp3) is 0.208. The van der Waals surface area contributed by atoms with Gasteiger partial charge in [0.1, 0.15) is 17.4 Å². The average molecular weight is 399 g/mol. The average Bonchev–Trinajstić information content (AvgIpc) is 2.73. The maximum atomic E-state index is 13.2. The lowest BCUT2D eigenvalue weighted by molar-refractivity contribution is -0.117. The third-order valence-electron chi connectivity index (χ3n) is 5.50. The van der Waals surface area contributed by atoms with Gasteiger partial charge in [-0.1, -0.05) is 42.5 Å². The topological polar surface area (TPSA) is 105 Å². The lowest BCUT2D eigenvalue weighted by Crippen LogP contribution is -2.29. The Morgan fingerprint density at radius 3 is 2.43 bits per heavy atom. The van der Waals surface area contributed by atoms with Crippen LogP contribution in [0, 0.1) is 11.3 Å². The van der Waals surface area contributed by atoms with Crippen LogP contribution in [-0.2, 0) is 14.3 Å². The fourth-order valence-electron chi connectivity index (χ4n) is 4.16. The Balaban J connectivity index is 1.73. The Bertz CT molecular complexity index is 1110. The van der Waals surface area contributed by atoms with Crippen LogP contribution in [0.5, 0.6) is 0 Å². The standard InChI is InChI=1S/C24H21N3O3/c1-14(28)27-18-9-7-16(8-10-18)22-19(13-25)24(26)30-21-12-17(11-20(29)23(21)22)15-5-3-2-4-6-15/h2-10,17,22H,11-12,26H2,1H3,(H,27,28)/t17-,22-/m0/s1. The number of carbonyl (C=O) groups excluding carboxylic acids is 2. The summed E-state index contributed by atoms with van der Waals surface area (Å²) in [6.07, 6.45) is 0.899. The van der Waals surface area contributed by atoms with E-state index in [4.69, 9.17) is 10.5 Å². The number of rotatable bonds is 3. The molecule has 0 spiro atoms. The normalized spacial score (nSPS) is 20.9. The molecule has 0 saturated carbocycles. The number of nitrogens with two attached hydrogens (primary N) is 1. The summed E-state index contributed by atoms with van der Waals surface area (Å²) in [7, 11) is 0. The van der Waals surface area contributed by atoms with Crippen LogP contribution in [0.4, 0.5) is 5.69 Å². The van der Waals surface area contributed by atoms with E-state index in [1.54, 1.807) is 24.3 Å². The van der Waals surface area contributed by atoms with Gasteiger partial charge in [-0.25, -0.2) is 0 Å². The molecule has 6 heteroatoms. The van der Waals surface area contributed by atoms with Gasteiger partial charge in [-0.3, -0.25) is 9.59 Å². The Morgan fingerprint density at radius 2 is 1.80 bits per heavy atom. The number of nitrogens with one attached hydrogen (secondary N) is 1. The van der Waals surface area contributed by atoms with Crippen molar-refractivity contribution in [3.63, 3.8) is 0 Å². The molecule has 1 aliphatic heterocycles. The zero-order valence-electron chi connectivity index (χ0n) is 16.5. The number of carbonyl (C=O) groups is 2. The predicted molar refractivity (Wildman–Crippen MR) is 112 cm³/mol. The van der Waals surface area contributed by atoms with Crippen LogP contribution in [0.1, 0.15) is 42.7 Å². The van der Waals surface area contributed by atoms with Crippen LogP contribution < -0.4 is 11.1 Å². The quantitative estimate of drug-likeness (QED) is 0.815.